The molecule has 1 amide bonds. The van der Waals surface area contributed by atoms with Crippen molar-refractivity contribution < 1.29 is 9.18 Å². The molecule has 1 saturated heterocycles. The quantitative estimate of drug-likeness (QED) is 0.786. The Balaban J connectivity index is 1.47. The van der Waals surface area contributed by atoms with Crippen molar-refractivity contribution in [2.24, 2.45) is 5.92 Å². The predicted molar refractivity (Wildman–Crippen MR) is 96.4 cm³/mol. The Morgan fingerprint density at radius 1 is 1.31 bits per heavy atom. The van der Waals surface area contributed by atoms with Crippen LogP contribution in [-0.2, 0) is 17.8 Å². The van der Waals surface area contributed by atoms with Gasteiger partial charge in [-0.05, 0) is 26.0 Å². The monoisotopic (exact) mass is 357 g/mol. The molecule has 0 bridgehead atoms. The number of aromatic nitrogens is 2. The number of rotatable bonds is 3. The number of hydrogen-bond acceptors (Lipinski definition) is 4. The van der Waals surface area contributed by atoms with Gasteiger partial charge in [-0.2, -0.15) is 0 Å². The third-order valence-corrected chi connectivity index (χ3v) is 5.52. The maximum Gasteiger partial charge on any atom is 0.223 e. The van der Waals surface area contributed by atoms with Gasteiger partial charge in [0.1, 0.15) is 11.6 Å². The SMILES string of the molecule is CC1NNC(C)C1CC(=O)N1CCc2nc(-c3cccc(F)c3)[nH]c2C1. The van der Waals surface area contributed by atoms with Crippen LogP contribution in [0.4, 0.5) is 4.39 Å². The van der Waals surface area contributed by atoms with E-state index in [4.69, 9.17) is 0 Å². The van der Waals surface area contributed by atoms with E-state index < -0.39 is 0 Å². The van der Waals surface area contributed by atoms with E-state index >= 15 is 0 Å². The third kappa shape index (κ3) is 3.24. The summed E-state index contributed by atoms with van der Waals surface area (Å²) < 4.78 is 13.5. The summed E-state index contributed by atoms with van der Waals surface area (Å²) in [6.45, 7) is 5.41. The highest BCUT2D eigenvalue weighted by Gasteiger charge is 2.33. The lowest BCUT2D eigenvalue weighted by Crippen LogP contribution is -2.39. The normalized spacial score (nSPS) is 25.3. The van der Waals surface area contributed by atoms with E-state index in [1.54, 1.807) is 6.07 Å². The molecule has 0 spiro atoms. The Labute approximate surface area is 152 Å². The number of nitrogens with one attached hydrogen (secondary N) is 3. The van der Waals surface area contributed by atoms with Gasteiger partial charge in [0.05, 0.1) is 17.9 Å². The van der Waals surface area contributed by atoms with Crippen LogP contribution in [0.1, 0.15) is 31.7 Å². The minimum atomic E-state index is -0.282. The van der Waals surface area contributed by atoms with Crippen LogP contribution in [0.25, 0.3) is 11.4 Å². The molecule has 3 N–H and O–H groups in total. The first-order valence-electron chi connectivity index (χ1n) is 9.14. The number of amides is 1. The van der Waals surface area contributed by atoms with Crippen molar-refractivity contribution in [1.29, 1.82) is 0 Å². The van der Waals surface area contributed by atoms with Crippen LogP contribution in [0.15, 0.2) is 24.3 Å². The van der Waals surface area contributed by atoms with E-state index in [9.17, 15) is 9.18 Å². The molecule has 6 nitrogen and oxygen atoms in total. The van der Waals surface area contributed by atoms with Crippen LogP contribution in [0.3, 0.4) is 0 Å². The molecule has 26 heavy (non-hydrogen) atoms. The molecule has 2 aliphatic heterocycles. The highest BCUT2D eigenvalue weighted by Crippen LogP contribution is 2.25. The number of H-pyrrole nitrogens is 1. The lowest BCUT2D eigenvalue weighted by molar-refractivity contribution is -0.133. The molecule has 0 aliphatic carbocycles. The fourth-order valence-electron chi connectivity index (χ4n) is 3.87. The van der Waals surface area contributed by atoms with Crippen molar-refractivity contribution in [3.8, 4) is 11.4 Å². The van der Waals surface area contributed by atoms with Crippen LogP contribution in [0, 0.1) is 11.7 Å². The van der Waals surface area contributed by atoms with Crippen molar-refractivity contribution in [2.75, 3.05) is 6.54 Å². The molecule has 4 rings (SSSR count). The Morgan fingerprint density at radius 3 is 2.81 bits per heavy atom. The summed E-state index contributed by atoms with van der Waals surface area (Å²) in [5.41, 5.74) is 9.05. The van der Waals surface area contributed by atoms with E-state index in [1.165, 1.54) is 12.1 Å². The first-order valence-corrected chi connectivity index (χ1v) is 9.14. The number of benzene rings is 1. The largest absolute Gasteiger partial charge is 0.340 e. The van der Waals surface area contributed by atoms with E-state index in [-0.39, 0.29) is 29.7 Å². The number of nitrogens with zero attached hydrogens (tertiary/aromatic N) is 2. The second-order valence-electron chi connectivity index (χ2n) is 7.32. The Bertz CT molecular complexity index is 810. The number of hydrazine groups is 1. The summed E-state index contributed by atoms with van der Waals surface area (Å²) in [7, 11) is 0. The van der Waals surface area contributed by atoms with E-state index in [0.717, 1.165) is 23.4 Å². The Hall–Kier alpha value is -2.25. The Morgan fingerprint density at radius 2 is 2.08 bits per heavy atom. The standard InChI is InChI=1S/C19H24FN5O/c1-11-15(12(2)24-23-11)9-18(26)25-7-6-16-17(10-25)22-19(21-16)13-4-3-5-14(20)8-13/h3-5,8,11-12,15,23-24H,6-7,9-10H2,1-2H3,(H,21,22). The van der Waals surface area contributed by atoms with Gasteiger partial charge in [0.15, 0.2) is 0 Å². The van der Waals surface area contributed by atoms with E-state index in [2.05, 4.69) is 34.7 Å². The van der Waals surface area contributed by atoms with Gasteiger partial charge in [0.2, 0.25) is 5.91 Å². The van der Waals surface area contributed by atoms with Gasteiger partial charge in [0.25, 0.3) is 0 Å². The third-order valence-electron chi connectivity index (χ3n) is 5.52. The molecule has 3 heterocycles. The van der Waals surface area contributed by atoms with Gasteiger partial charge in [-0.1, -0.05) is 12.1 Å². The second-order valence-corrected chi connectivity index (χ2v) is 7.32. The Kier molecular flexibility index (Phi) is 4.50. The van der Waals surface area contributed by atoms with Crippen molar-refractivity contribution in [2.45, 2.75) is 45.3 Å². The van der Waals surface area contributed by atoms with Gasteiger partial charge >= 0.3 is 0 Å². The topological polar surface area (TPSA) is 73.0 Å². The zero-order valence-electron chi connectivity index (χ0n) is 15.1. The van der Waals surface area contributed by atoms with Crippen molar-refractivity contribution >= 4 is 5.91 Å². The molecule has 138 valence electrons. The second kappa shape index (κ2) is 6.81. The molecule has 1 aromatic heterocycles. The maximum absolute atomic E-state index is 13.5. The molecule has 7 heteroatoms. The summed E-state index contributed by atoms with van der Waals surface area (Å²) in [6, 6.07) is 6.95. The minimum absolute atomic E-state index is 0.173. The summed E-state index contributed by atoms with van der Waals surface area (Å²) in [6.07, 6.45) is 1.25. The van der Waals surface area contributed by atoms with Crippen LogP contribution in [-0.4, -0.2) is 39.4 Å². The van der Waals surface area contributed by atoms with Gasteiger partial charge in [0, 0.05) is 43.0 Å². The molecule has 2 atom stereocenters. The number of fused-ring (bicyclic) bond motifs is 1. The van der Waals surface area contributed by atoms with E-state index in [0.29, 0.717) is 25.3 Å². The summed E-state index contributed by atoms with van der Waals surface area (Å²) in [5.74, 6) is 0.839. The number of aromatic amines is 1. The predicted octanol–water partition coefficient (Wildman–Crippen LogP) is 1.99. The highest BCUT2D eigenvalue weighted by molar-refractivity contribution is 5.77. The first kappa shape index (κ1) is 17.2. The van der Waals surface area contributed by atoms with Crippen LogP contribution in [0.5, 0.6) is 0 Å². The van der Waals surface area contributed by atoms with Gasteiger partial charge in [-0.3, -0.25) is 15.6 Å². The lowest BCUT2D eigenvalue weighted by Gasteiger charge is -2.28. The lowest BCUT2D eigenvalue weighted by atomic mass is 9.92. The summed E-state index contributed by atoms with van der Waals surface area (Å²) >= 11 is 0. The summed E-state index contributed by atoms with van der Waals surface area (Å²) in [5, 5.41) is 0. The molecule has 2 unspecified atom stereocenters. The molecule has 2 aromatic rings. The number of hydrogen-bond donors (Lipinski definition) is 3. The first-order chi connectivity index (χ1) is 12.5. The van der Waals surface area contributed by atoms with Gasteiger partial charge in [-0.15, -0.1) is 0 Å². The minimum Gasteiger partial charge on any atom is -0.340 e. The van der Waals surface area contributed by atoms with Crippen molar-refractivity contribution in [3.05, 3.63) is 41.5 Å². The zero-order chi connectivity index (χ0) is 18.3. The van der Waals surface area contributed by atoms with Gasteiger partial charge < -0.3 is 9.88 Å². The fourth-order valence-corrected chi connectivity index (χ4v) is 3.87. The number of carbonyl (C=O) groups is 1. The van der Waals surface area contributed by atoms with Crippen molar-refractivity contribution in [3.63, 3.8) is 0 Å². The number of halogens is 1. The fraction of sp³-hybridized carbons (Fsp3) is 0.474. The summed E-state index contributed by atoms with van der Waals surface area (Å²) in [4.78, 5) is 22.5. The van der Waals surface area contributed by atoms with Crippen LogP contribution >= 0.6 is 0 Å². The molecule has 0 radical (unpaired) electrons. The van der Waals surface area contributed by atoms with Crippen molar-refractivity contribution in [1.82, 2.24) is 25.7 Å². The molecule has 1 fully saturated rings. The number of carbonyl (C=O) groups excluding carboxylic acids is 1. The molecular formula is C19H24FN5O. The number of imidazole rings is 1. The molecule has 0 saturated carbocycles. The molecule has 2 aliphatic rings. The average Bonchev–Trinajstić information content (AvgIpc) is 3.19. The average molecular weight is 357 g/mol. The van der Waals surface area contributed by atoms with Gasteiger partial charge in [-0.25, -0.2) is 9.37 Å². The van der Waals surface area contributed by atoms with Crippen LogP contribution in [0.2, 0.25) is 0 Å². The molecule has 1 aromatic carbocycles. The van der Waals surface area contributed by atoms with Crippen LogP contribution < -0.4 is 10.9 Å². The highest BCUT2D eigenvalue weighted by atomic mass is 19.1. The molecular weight excluding hydrogens is 333 g/mol. The zero-order valence-corrected chi connectivity index (χ0v) is 15.1. The smallest absolute Gasteiger partial charge is 0.223 e. The van der Waals surface area contributed by atoms with E-state index in [1.807, 2.05) is 11.0 Å². The maximum atomic E-state index is 13.5.